The van der Waals surface area contributed by atoms with Gasteiger partial charge in [0.1, 0.15) is 0 Å². The van der Waals surface area contributed by atoms with Gasteiger partial charge in [0.05, 0.1) is 6.10 Å². The molecule has 3 heteroatoms. The zero-order chi connectivity index (χ0) is 14.7. The Balaban J connectivity index is 1.54. The average Bonchev–Trinajstić information content (AvgIpc) is 3.15. The van der Waals surface area contributed by atoms with Gasteiger partial charge in [-0.15, -0.1) is 0 Å². The van der Waals surface area contributed by atoms with Crippen molar-refractivity contribution in [2.75, 3.05) is 13.1 Å². The molecule has 1 aromatic carbocycles. The smallest absolute Gasteiger partial charge is 0.0802 e. The lowest BCUT2D eigenvalue weighted by Crippen LogP contribution is -2.35. The van der Waals surface area contributed by atoms with Crippen LogP contribution in [-0.4, -0.2) is 29.1 Å². The highest BCUT2D eigenvalue weighted by Gasteiger charge is 2.33. The van der Waals surface area contributed by atoms with Crippen molar-refractivity contribution < 1.29 is 5.11 Å². The van der Waals surface area contributed by atoms with Crippen molar-refractivity contribution in [3.05, 3.63) is 34.3 Å². The highest BCUT2D eigenvalue weighted by molar-refractivity contribution is 9.10. The molecule has 0 radical (unpaired) electrons. The van der Waals surface area contributed by atoms with Crippen LogP contribution in [0.2, 0.25) is 0 Å². The van der Waals surface area contributed by atoms with Crippen molar-refractivity contribution in [2.45, 2.75) is 57.1 Å². The maximum absolute atomic E-state index is 10.4. The first-order valence-corrected chi connectivity index (χ1v) is 9.21. The van der Waals surface area contributed by atoms with Crippen LogP contribution in [0.15, 0.2) is 28.7 Å². The van der Waals surface area contributed by atoms with Crippen LogP contribution in [-0.2, 0) is 0 Å². The van der Waals surface area contributed by atoms with E-state index in [1.807, 2.05) is 24.3 Å². The molecule has 21 heavy (non-hydrogen) atoms. The van der Waals surface area contributed by atoms with Crippen LogP contribution in [0, 0.1) is 5.92 Å². The maximum atomic E-state index is 10.4. The normalized spacial score (nSPS) is 25.5. The summed E-state index contributed by atoms with van der Waals surface area (Å²) in [6.07, 6.45) is 8.92. The van der Waals surface area contributed by atoms with E-state index in [4.69, 9.17) is 0 Å². The summed E-state index contributed by atoms with van der Waals surface area (Å²) in [6.45, 7) is 2.27. The van der Waals surface area contributed by atoms with E-state index in [9.17, 15) is 5.11 Å². The Bertz CT molecular complexity index is 458. The van der Waals surface area contributed by atoms with Crippen molar-refractivity contribution in [1.29, 1.82) is 0 Å². The number of hydrogen-bond donors (Lipinski definition) is 1. The van der Waals surface area contributed by atoms with Crippen LogP contribution >= 0.6 is 15.9 Å². The number of rotatable bonds is 5. The van der Waals surface area contributed by atoms with Crippen molar-refractivity contribution >= 4 is 15.9 Å². The summed E-state index contributed by atoms with van der Waals surface area (Å²) in [5, 5.41) is 10.4. The summed E-state index contributed by atoms with van der Waals surface area (Å²) in [4.78, 5) is 2.65. The summed E-state index contributed by atoms with van der Waals surface area (Å²) < 4.78 is 1.05. The predicted octanol–water partition coefficient (Wildman–Crippen LogP) is 4.53. The molecule has 2 nitrogen and oxygen atoms in total. The molecule has 3 rings (SSSR count). The molecule has 0 amide bonds. The largest absolute Gasteiger partial charge is 0.388 e. The highest BCUT2D eigenvalue weighted by atomic mass is 79.9. The van der Waals surface area contributed by atoms with Crippen LogP contribution in [0.3, 0.4) is 0 Å². The molecule has 2 aliphatic rings. The second kappa shape index (κ2) is 7.26. The van der Waals surface area contributed by atoms with E-state index < -0.39 is 0 Å². The average molecular weight is 352 g/mol. The standard InChI is InChI=1S/C18H26BrNO/c19-16-8-3-7-15(13-16)18(21)10-12-20-11-4-9-17(20)14-5-1-2-6-14/h3,7-8,13-14,17-18,21H,1-2,4-6,9-12H2. The molecule has 116 valence electrons. The van der Waals surface area contributed by atoms with E-state index >= 15 is 0 Å². The molecular formula is C18H26BrNO. The fourth-order valence-electron chi connectivity index (χ4n) is 4.17. The first-order chi connectivity index (χ1) is 10.2. The lowest BCUT2D eigenvalue weighted by molar-refractivity contribution is 0.124. The van der Waals surface area contributed by atoms with Gasteiger partial charge >= 0.3 is 0 Å². The molecule has 2 fully saturated rings. The fraction of sp³-hybridized carbons (Fsp3) is 0.667. The van der Waals surface area contributed by atoms with Gasteiger partial charge in [-0.1, -0.05) is 40.9 Å². The molecule has 1 aliphatic heterocycles. The van der Waals surface area contributed by atoms with Crippen LogP contribution in [0.5, 0.6) is 0 Å². The summed E-state index contributed by atoms with van der Waals surface area (Å²) in [6, 6.07) is 8.85. The van der Waals surface area contributed by atoms with Crippen molar-refractivity contribution in [3.8, 4) is 0 Å². The Morgan fingerprint density at radius 1 is 1.19 bits per heavy atom. The number of aliphatic hydroxyl groups excluding tert-OH is 1. The molecule has 2 unspecified atom stereocenters. The minimum absolute atomic E-state index is 0.340. The topological polar surface area (TPSA) is 23.5 Å². The highest BCUT2D eigenvalue weighted by Crippen LogP contribution is 2.35. The summed E-state index contributed by atoms with van der Waals surface area (Å²) >= 11 is 3.48. The zero-order valence-electron chi connectivity index (χ0n) is 12.7. The minimum atomic E-state index is -0.340. The zero-order valence-corrected chi connectivity index (χ0v) is 14.3. The first-order valence-electron chi connectivity index (χ1n) is 8.41. The third kappa shape index (κ3) is 3.88. The van der Waals surface area contributed by atoms with Gasteiger partial charge in [-0.2, -0.15) is 0 Å². The van der Waals surface area contributed by atoms with E-state index in [2.05, 4.69) is 20.8 Å². The molecule has 1 saturated carbocycles. The van der Waals surface area contributed by atoms with Gasteiger partial charge in [-0.25, -0.2) is 0 Å². The number of nitrogens with zero attached hydrogens (tertiary/aromatic N) is 1. The Hall–Kier alpha value is -0.380. The molecule has 2 atom stereocenters. The Labute approximate surface area is 136 Å². The summed E-state index contributed by atoms with van der Waals surface area (Å²) in [5.41, 5.74) is 1.03. The predicted molar refractivity (Wildman–Crippen MR) is 90.3 cm³/mol. The molecule has 1 aromatic rings. The number of likely N-dealkylation sites (tertiary alicyclic amines) is 1. The third-order valence-electron chi connectivity index (χ3n) is 5.28. The number of aliphatic hydroxyl groups is 1. The monoisotopic (exact) mass is 351 g/mol. The van der Waals surface area contributed by atoms with Crippen LogP contribution in [0.4, 0.5) is 0 Å². The molecule has 1 aliphatic carbocycles. The Kier molecular flexibility index (Phi) is 5.36. The number of halogens is 1. The van der Waals surface area contributed by atoms with Crippen molar-refractivity contribution in [1.82, 2.24) is 4.90 Å². The first kappa shape index (κ1) is 15.5. The summed E-state index contributed by atoms with van der Waals surface area (Å²) in [5.74, 6) is 0.926. The fourth-order valence-corrected chi connectivity index (χ4v) is 4.59. The molecular weight excluding hydrogens is 326 g/mol. The van der Waals surface area contributed by atoms with E-state index in [0.717, 1.165) is 35.0 Å². The quantitative estimate of drug-likeness (QED) is 0.842. The van der Waals surface area contributed by atoms with E-state index in [1.54, 1.807) is 0 Å². The number of hydrogen-bond acceptors (Lipinski definition) is 2. The Morgan fingerprint density at radius 2 is 2.00 bits per heavy atom. The van der Waals surface area contributed by atoms with Gasteiger partial charge < -0.3 is 10.0 Å². The molecule has 1 heterocycles. The van der Waals surface area contributed by atoms with E-state index in [1.165, 1.54) is 45.1 Å². The summed E-state index contributed by atoms with van der Waals surface area (Å²) in [7, 11) is 0. The van der Waals surface area contributed by atoms with E-state index in [-0.39, 0.29) is 6.10 Å². The van der Waals surface area contributed by atoms with Crippen LogP contribution in [0.1, 0.15) is 56.6 Å². The van der Waals surface area contributed by atoms with Crippen molar-refractivity contribution in [2.24, 2.45) is 5.92 Å². The Morgan fingerprint density at radius 3 is 2.76 bits per heavy atom. The van der Waals surface area contributed by atoms with E-state index in [0.29, 0.717) is 0 Å². The van der Waals surface area contributed by atoms with Crippen LogP contribution < -0.4 is 0 Å². The van der Waals surface area contributed by atoms with Gasteiger partial charge in [0.15, 0.2) is 0 Å². The molecule has 1 N–H and O–H groups in total. The SMILES string of the molecule is OC(CCN1CCCC1C1CCCC1)c1cccc(Br)c1. The van der Waals surface area contributed by atoms with Gasteiger partial charge in [0, 0.05) is 17.1 Å². The molecule has 0 spiro atoms. The van der Waals surface area contributed by atoms with Gasteiger partial charge in [-0.05, 0) is 62.3 Å². The van der Waals surface area contributed by atoms with Crippen LogP contribution in [0.25, 0.3) is 0 Å². The minimum Gasteiger partial charge on any atom is -0.388 e. The molecule has 0 aromatic heterocycles. The van der Waals surface area contributed by atoms with Gasteiger partial charge in [0.2, 0.25) is 0 Å². The molecule has 1 saturated heterocycles. The lowest BCUT2D eigenvalue weighted by atomic mass is 9.95. The second-order valence-corrected chi connectivity index (χ2v) is 7.57. The van der Waals surface area contributed by atoms with Crippen molar-refractivity contribution in [3.63, 3.8) is 0 Å². The van der Waals surface area contributed by atoms with Gasteiger partial charge in [0.25, 0.3) is 0 Å². The molecule has 0 bridgehead atoms. The second-order valence-electron chi connectivity index (χ2n) is 6.65. The maximum Gasteiger partial charge on any atom is 0.0802 e. The number of benzene rings is 1. The lowest BCUT2D eigenvalue weighted by Gasteiger charge is -2.30. The third-order valence-corrected chi connectivity index (χ3v) is 5.77. The van der Waals surface area contributed by atoms with Gasteiger partial charge in [-0.3, -0.25) is 0 Å².